The van der Waals surface area contributed by atoms with Crippen LogP contribution in [0.2, 0.25) is 0 Å². The van der Waals surface area contributed by atoms with Crippen molar-refractivity contribution in [1.82, 2.24) is 15.6 Å². The number of rotatable bonds is 8. The summed E-state index contributed by atoms with van der Waals surface area (Å²) in [6, 6.07) is 11.8. The van der Waals surface area contributed by atoms with E-state index in [0.29, 0.717) is 12.3 Å². The molecular weight excluding hydrogens is 386 g/mol. The Labute approximate surface area is 174 Å². The third kappa shape index (κ3) is 5.54. The number of carbonyl (C=O) groups excluding carboxylic acids is 2. The first-order valence-electron chi connectivity index (χ1n) is 9.58. The van der Waals surface area contributed by atoms with Crippen LogP contribution >= 0.6 is 11.3 Å². The second-order valence-corrected chi connectivity index (χ2v) is 8.08. The highest BCUT2D eigenvalue weighted by molar-refractivity contribution is 7.09. The minimum Gasteiger partial charge on any atom is -0.459 e. The molecule has 0 saturated heterocycles. The number of benzene rings is 1. The summed E-state index contributed by atoms with van der Waals surface area (Å²) in [7, 11) is 0. The van der Waals surface area contributed by atoms with E-state index in [0.717, 1.165) is 16.3 Å². The van der Waals surface area contributed by atoms with Gasteiger partial charge in [0.15, 0.2) is 5.76 Å². The van der Waals surface area contributed by atoms with Crippen molar-refractivity contribution in [3.05, 3.63) is 76.1 Å². The number of nitrogens with one attached hydrogen (secondary N) is 2. The van der Waals surface area contributed by atoms with Crippen LogP contribution in [-0.4, -0.2) is 22.8 Å². The fraction of sp³-hybridized carbons (Fsp3) is 0.318. The Morgan fingerprint density at radius 3 is 2.45 bits per heavy atom. The number of furan rings is 1. The minimum absolute atomic E-state index is 0.171. The fourth-order valence-electron chi connectivity index (χ4n) is 2.85. The van der Waals surface area contributed by atoms with Crippen LogP contribution in [0.15, 0.2) is 58.5 Å². The average Bonchev–Trinajstić information content (AvgIpc) is 3.40. The van der Waals surface area contributed by atoms with Crippen molar-refractivity contribution in [2.75, 3.05) is 0 Å². The Morgan fingerprint density at radius 2 is 1.83 bits per heavy atom. The van der Waals surface area contributed by atoms with Gasteiger partial charge in [0.25, 0.3) is 5.91 Å². The van der Waals surface area contributed by atoms with Crippen LogP contribution in [0.3, 0.4) is 0 Å². The van der Waals surface area contributed by atoms with Gasteiger partial charge < -0.3 is 15.1 Å². The molecule has 0 radical (unpaired) electrons. The molecule has 7 heteroatoms. The summed E-state index contributed by atoms with van der Waals surface area (Å²) in [5.41, 5.74) is 1.78. The Kier molecular flexibility index (Phi) is 6.82. The van der Waals surface area contributed by atoms with Crippen molar-refractivity contribution in [3.63, 3.8) is 0 Å². The molecule has 2 unspecified atom stereocenters. The van der Waals surface area contributed by atoms with Gasteiger partial charge in [-0.2, -0.15) is 0 Å². The van der Waals surface area contributed by atoms with E-state index in [2.05, 4.69) is 29.5 Å². The lowest BCUT2D eigenvalue weighted by Gasteiger charge is -2.20. The Bertz CT molecular complexity index is 935. The van der Waals surface area contributed by atoms with Crippen molar-refractivity contribution in [3.8, 4) is 0 Å². The molecule has 0 aliphatic heterocycles. The number of amides is 2. The maximum Gasteiger partial charge on any atom is 0.287 e. The molecule has 2 heterocycles. The number of nitrogens with zero attached hydrogens (tertiary/aromatic N) is 1. The maximum absolute atomic E-state index is 13.0. The number of hydrogen-bond acceptors (Lipinski definition) is 5. The second kappa shape index (κ2) is 9.52. The van der Waals surface area contributed by atoms with Crippen LogP contribution in [0, 0.1) is 0 Å². The molecule has 152 valence electrons. The van der Waals surface area contributed by atoms with Crippen LogP contribution in [0.5, 0.6) is 0 Å². The minimum atomic E-state index is -0.736. The van der Waals surface area contributed by atoms with Gasteiger partial charge in [-0.25, -0.2) is 4.98 Å². The Morgan fingerprint density at radius 1 is 1.07 bits per heavy atom. The normalized spacial score (nSPS) is 13.1. The lowest BCUT2D eigenvalue weighted by atomic mass is 10.0. The summed E-state index contributed by atoms with van der Waals surface area (Å²) in [6.45, 7) is 6.07. The molecule has 0 aliphatic rings. The Balaban J connectivity index is 1.72. The third-order valence-corrected chi connectivity index (χ3v) is 5.65. The number of hydrogen-bond donors (Lipinski definition) is 2. The molecule has 2 amide bonds. The predicted octanol–water partition coefficient (Wildman–Crippen LogP) is 4.08. The molecule has 0 fully saturated rings. The van der Waals surface area contributed by atoms with Gasteiger partial charge in [-0.1, -0.05) is 44.2 Å². The van der Waals surface area contributed by atoms with E-state index in [1.165, 1.54) is 6.26 Å². The van der Waals surface area contributed by atoms with E-state index < -0.39 is 11.9 Å². The highest BCUT2D eigenvalue weighted by Gasteiger charge is 2.25. The largest absolute Gasteiger partial charge is 0.459 e. The van der Waals surface area contributed by atoms with E-state index in [-0.39, 0.29) is 17.7 Å². The topological polar surface area (TPSA) is 84.2 Å². The summed E-state index contributed by atoms with van der Waals surface area (Å²) < 4.78 is 5.15. The molecule has 2 aromatic heterocycles. The van der Waals surface area contributed by atoms with Crippen molar-refractivity contribution in [1.29, 1.82) is 0 Å². The molecule has 2 N–H and O–H groups in total. The summed E-state index contributed by atoms with van der Waals surface area (Å²) in [5.74, 6) is -0.171. The summed E-state index contributed by atoms with van der Waals surface area (Å²) >= 11 is 1.59. The van der Waals surface area contributed by atoms with Crippen molar-refractivity contribution in [2.45, 2.75) is 45.2 Å². The van der Waals surface area contributed by atoms with Crippen LogP contribution in [0.4, 0.5) is 0 Å². The molecule has 0 bridgehead atoms. The van der Waals surface area contributed by atoms with Crippen LogP contribution in [-0.2, 0) is 11.2 Å². The average molecular weight is 412 g/mol. The Hall–Kier alpha value is -2.93. The first-order chi connectivity index (χ1) is 13.9. The monoisotopic (exact) mass is 411 g/mol. The highest BCUT2D eigenvalue weighted by Crippen LogP contribution is 2.22. The van der Waals surface area contributed by atoms with Gasteiger partial charge >= 0.3 is 0 Å². The number of thiazole rings is 1. The molecule has 1 aromatic carbocycles. The highest BCUT2D eigenvalue weighted by atomic mass is 32.1. The molecule has 0 spiro atoms. The number of aromatic nitrogens is 1. The molecular formula is C22H25N3O3S. The van der Waals surface area contributed by atoms with Gasteiger partial charge in [0.1, 0.15) is 6.04 Å². The molecule has 6 nitrogen and oxygen atoms in total. The van der Waals surface area contributed by atoms with Gasteiger partial charge in [-0.3, -0.25) is 9.59 Å². The van der Waals surface area contributed by atoms with E-state index in [9.17, 15) is 9.59 Å². The summed E-state index contributed by atoms with van der Waals surface area (Å²) in [6.07, 6.45) is 1.80. The zero-order valence-electron chi connectivity index (χ0n) is 16.7. The third-order valence-electron chi connectivity index (χ3n) is 4.49. The van der Waals surface area contributed by atoms with E-state index in [4.69, 9.17) is 4.42 Å². The zero-order valence-corrected chi connectivity index (χ0v) is 17.5. The quantitative estimate of drug-likeness (QED) is 0.585. The van der Waals surface area contributed by atoms with Crippen molar-refractivity contribution < 1.29 is 14.0 Å². The van der Waals surface area contributed by atoms with E-state index >= 15 is 0 Å². The van der Waals surface area contributed by atoms with Gasteiger partial charge in [0.05, 0.1) is 23.0 Å². The standard InChI is InChI=1S/C22H25N3O3S/c1-14(2)22-25-18(13-29-22)15(3)23-20(26)17(12-16-8-5-4-6-9-16)24-21(27)19-10-7-11-28-19/h4-11,13-15,17H,12H2,1-3H3,(H,23,26)(H,24,27). The van der Waals surface area contributed by atoms with Gasteiger partial charge in [0, 0.05) is 17.7 Å². The van der Waals surface area contributed by atoms with E-state index in [1.807, 2.05) is 42.6 Å². The van der Waals surface area contributed by atoms with Crippen LogP contribution < -0.4 is 10.6 Å². The summed E-state index contributed by atoms with van der Waals surface area (Å²) in [5, 5.41) is 8.77. The smallest absolute Gasteiger partial charge is 0.287 e. The fourth-order valence-corrected chi connectivity index (χ4v) is 3.78. The molecule has 3 rings (SSSR count). The SMILES string of the molecule is CC(C)c1nc(C(C)NC(=O)C(Cc2ccccc2)NC(=O)c2ccco2)cs1. The van der Waals surface area contributed by atoms with E-state index in [1.54, 1.807) is 23.5 Å². The first kappa shape index (κ1) is 20.8. The maximum atomic E-state index is 13.0. The lowest BCUT2D eigenvalue weighted by molar-refractivity contribution is -0.123. The number of carbonyl (C=O) groups is 2. The van der Waals surface area contributed by atoms with Gasteiger partial charge in [0.2, 0.25) is 5.91 Å². The van der Waals surface area contributed by atoms with Crippen LogP contribution in [0.25, 0.3) is 0 Å². The molecule has 0 aliphatic carbocycles. The van der Waals surface area contributed by atoms with Crippen LogP contribution in [0.1, 0.15) is 59.6 Å². The molecule has 0 saturated carbocycles. The van der Waals surface area contributed by atoms with Crippen molar-refractivity contribution in [2.24, 2.45) is 0 Å². The lowest BCUT2D eigenvalue weighted by Crippen LogP contribution is -2.48. The predicted molar refractivity (Wildman–Crippen MR) is 113 cm³/mol. The summed E-state index contributed by atoms with van der Waals surface area (Å²) in [4.78, 5) is 30.1. The van der Waals surface area contributed by atoms with Gasteiger partial charge in [-0.15, -0.1) is 11.3 Å². The zero-order chi connectivity index (χ0) is 20.8. The molecule has 29 heavy (non-hydrogen) atoms. The second-order valence-electron chi connectivity index (χ2n) is 7.19. The molecule has 3 aromatic rings. The first-order valence-corrected chi connectivity index (χ1v) is 10.5. The van der Waals surface area contributed by atoms with Crippen molar-refractivity contribution >= 4 is 23.2 Å². The molecule has 2 atom stereocenters. The van der Waals surface area contributed by atoms with Gasteiger partial charge in [-0.05, 0) is 24.6 Å².